The maximum Gasteiger partial charge on any atom is 0.347 e. The first-order valence-electron chi connectivity index (χ1n) is 9.58. The van der Waals surface area contributed by atoms with Crippen molar-refractivity contribution < 1.29 is 28.5 Å². The van der Waals surface area contributed by atoms with Crippen LogP contribution in [0.1, 0.15) is 42.3 Å². The second-order valence-corrected chi connectivity index (χ2v) is 6.54. The molecule has 0 bridgehead atoms. The standard InChI is InChI=1S/C23H24O6/c1-5-26-18-10-8-7-9-16(18)12-20-22(24)21-14(3)11-17(13-19(21)29-20)28-15(4)23(25)27-6-2/h7-13,15H,5-6H2,1-4H3/b20-12-. The Morgan fingerprint density at radius 2 is 1.93 bits per heavy atom. The molecule has 1 aliphatic rings. The van der Waals surface area contributed by atoms with Gasteiger partial charge in [-0.1, -0.05) is 18.2 Å². The van der Waals surface area contributed by atoms with Gasteiger partial charge in [-0.15, -0.1) is 0 Å². The minimum atomic E-state index is -0.766. The van der Waals surface area contributed by atoms with Crippen LogP contribution in [0.15, 0.2) is 42.2 Å². The van der Waals surface area contributed by atoms with Gasteiger partial charge in [0.25, 0.3) is 0 Å². The maximum absolute atomic E-state index is 12.9. The van der Waals surface area contributed by atoms with Gasteiger partial charge in [0.05, 0.1) is 18.8 Å². The molecule has 6 heteroatoms. The van der Waals surface area contributed by atoms with E-state index >= 15 is 0 Å². The summed E-state index contributed by atoms with van der Waals surface area (Å²) in [7, 11) is 0. The highest BCUT2D eigenvalue weighted by molar-refractivity contribution is 6.15. The fraction of sp³-hybridized carbons (Fsp3) is 0.304. The molecule has 1 aliphatic heterocycles. The fourth-order valence-corrected chi connectivity index (χ4v) is 3.09. The second kappa shape index (κ2) is 8.82. The van der Waals surface area contributed by atoms with E-state index in [4.69, 9.17) is 18.9 Å². The lowest BCUT2D eigenvalue weighted by Crippen LogP contribution is -2.26. The second-order valence-electron chi connectivity index (χ2n) is 6.54. The number of carbonyl (C=O) groups is 2. The molecule has 1 unspecified atom stereocenters. The van der Waals surface area contributed by atoms with E-state index in [0.717, 1.165) is 5.56 Å². The molecule has 0 N–H and O–H groups in total. The zero-order valence-electron chi connectivity index (χ0n) is 17.0. The molecule has 6 nitrogen and oxygen atoms in total. The molecule has 2 aromatic carbocycles. The van der Waals surface area contributed by atoms with Crippen LogP contribution in [0.25, 0.3) is 6.08 Å². The minimum Gasteiger partial charge on any atom is -0.493 e. The van der Waals surface area contributed by atoms with Gasteiger partial charge in [-0.3, -0.25) is 4.79 Å². The van der Waals surface area contributed by atoms with Crippen LogP contribution in [-0.2, 0) is 9.53 Å². The molecule has 152 valence electrons. The van der Waals surface area contributed by atoms with Crippen molar-refractivity contribution in [2.45, 2.75) is 33.8 Å². The van der Waals surface area contributed by atoms with Gasteiger partial charge in [0.15, 0.2) is 11.9 Å². The zero-order valence-corrected chi connectivity index (χ0v) is 17.0. The Kier molecular flexibility index (Phi) is 6.22. The number of carbonyl (C=O) groups excluding carboxylic acids is 2. The Labute approximate surface area is 170 Å². The molecule has 1 heterocycles. The highest BCUT2D eigenvalue weighted by Crippen LogP contribution is 2.38. The molecule has 0 saturated carbocycles. The number of allylic oxidation sites excluding steroid dienone is 1. The van der Waals surface area contributed by atoms with E-state index in [1.807, 2.05) is 31.2 Å². The predicted molar refractivity (Wildman–Crippen MR) is 108 cm³/mol. The quantitative estimate of drug-likeness (QED) is 0.512. The number of fused-ring (bicyclic) bond motifs is 1. The summed E-state index contributed by atoms with van der Waals surface area (Å²) in [5.41, 5.74) is 1.96. The fourth-order valence-electron chi connectivity index (χ4n) is 3.09. The molecule has 1 atom stereocenters. The van der Waals surface area contributed by atoms with E-state index in [2.05, 4.69) is 0 Å². The first-order valence-corrected chi connectivity index (χ1v) is 9.58. The first-order chi connectivity index (χ1) is 13.9. The third-order valence-electron chi connectivity index (χ3n) is 4.38. The molecular formula is C23H24O6. The highest BCUT2D eigenvalue weighted by Gasteiger charge is 2.30. The summed E-state index contributed by atoms with van der Waals surface area (Å²) in [5, 5.41) is 0. The summed E-state index contributed by atoms with van der Waals surface area (Å²) < 4.78 is 22.1. The van der Waals surface area contributed by atoms with Crippen LogP contribution in [0.5, 0.6) is 17.2 Å². The lowest BCUT2D eigenvalue weighted by molar-refractivity contribution is -0.150. The monoisotopic (exact) mass is 396 g/mol. The molecule has 0 aliphatic carbocycles. The number of hydrogen-bond acceptors (Lipinski definition) is 6. The van der Waals surface area contributed by atoms with E-state index in [1.165, 1.54) is 0 Å². The molecule has 29 heavy (non-hydrogen) atoms. The van der Waals surface area contributed by atoms with E-state index < -0.39 is 12.1 Å². The van der Waals surface area contributed by atoms with E-state index in [0.29, 0.717) is 35.0 Å². The summed E-state index contributed by atoms with van der Waals surface area (Å²) >= 11 is 0. The highest BCUT2D eigenvalue weighted by atomic mass is 16.6. The lowest BCUT2D eigenvalue weighted by atomic mass is 10.0. The van der Waals surface area contributed by atoms with Gasteiger partial charge in [0, 0.05) is 11.6 Å². The molecule has 0 aromatic heterocycles. The molecular weight excluding hydrogens is 372 g/mol. The number of para-hydroxylation sites is 1. The first kappa shape index (κ1) is 20.5. The zero-order chi connectivity index (χ0) is 21.0. The van der Waals surface area contributed by atoms with E-state index in [1.54, 1.807) is 39.0 Å². The van der Waals surface area contributed by atoms with Crippen LogP contribution in [0, 0.1) is 6.92 Å². The number of ether oxygens (including phenoxy) is 4. The summed E-state index contributed by atoms with van der Waals surface area (Å²) in [6.07, 6.45) is 0.909. The minimum absolute atomic E-state index is 0.200. The van der Waals surface area contributed by atoms with E-state index in [9.17, 15) is 9.59 Å². The smallest absolute Gasteiger partial charge is 0.347 e. The van der Waals surface area contributed by atoms with Crippen LogP contribution in [-0.4, -0.2) is 31.1 Å². The average Bonchev–Trinajstić information content (AvgIpc) is 2.99. The van der Waals surface area contributed by atoms with Gasteiger partial charge in [-0.05, 0) is 51.5 Å². The molecule has 0 spiro atoms. The van der Waals surface area contributed by atoms with Gasteiger partial charge in [-0.25, -0.2) is 4.79 Å². The Morgan fingerprint density at radius 3 is 2.66 bits per heavy atom. The predicted octanol–water partition coefficient (Wildman–Crippen LogP) is 4.34. The summed E-state index contributed by atoms with van der Waals surface area (Å²) in [6, 6.07) is 10.8. The third kappa shape index (κ3) is 4.42. The van der Waals surface area contributed by atoms with Gasteiger partial charge < -0.3 is 18.9 Å². The average molecular weight is 396 g/mol. The third-order valence-corrected chi connectivity index (χ3v) is 4.38. The van der Waals surface area contributed by atoms with Gasteiger partial charge in [-0.2, -0.15) is 0 Å². The summed E-state index contributed by atoms with van der Waals surface area (Å²) in [5.74, 6) is 1.08. The normalized spacial score (nSPS) is 14.9. The largest absolute Gasteiger partial charge is 0.493 e. The summed E-state index contributed by atoms with van der Waals surface area (Å²) in [6.45, 7) is 7.86. The number of rotatable bonds is 7. The van der Waals surface area contributed by atoms with Crippen LogP contribution >= 0.6 is 0 Å². The Bertz CT molecular complexity index is 960. The Morgan fingerprint density at radius 1 is 1.17 bits per heavy atom. The van der Waals surface area contributed by atoms with Crippen LogP contribution < -0.4 is 14.2 Å². The van der Waals surface area contributed by atoms with Crippen molar-refractivity contribution in [3.63, 3.8) is 0 Å². The van der Waals surface area contributed by atoms with Crippen molar-refractivity contribution in [3.05, 3.63) is 58.8 Å². The van der Waals surface area contributed by atoms with Crippen molar-refractivity contribution in [2.24, 2.45) is 0 Å². The Balaban J connectivity index is 1.87. The number of ketones is 1. The number of esters is 1. The molecule has 0 saturated heterocycles. The van der Waals surface area contributed by atoms with Crippen molar-refractivity contribution >= 4 is 17.8 Å². The van der Waals surface area contributed by atoms with Crippen molar-refractivity contribution in [1.82, 2.24) is 0 Å². The van der Waals surface area contributed by atoms with Crippen LogP contribution in [0.3, 0.4) is 0 Å². The maximum atomic E-state index is 12.9. The Hall–Kier alpha value is -3.28. The molecule has 3 rings (SSSR count). The molecule has 0 radical (unpaired) electrons. The molecule has 0 fully saturated rings. The SMILES string of the molecule is CCOC(=O)C(C)Oc1cc(C)c2c(c1)O/C(=C\c1ccccc1OCC)C2=O. The number of Topliss-reactive ketones (excluding diaryl/α,β-unsaturated/α-hetero) is 1. The number of benzene rings is 2. The number of hydrogen-bond donors (Lipinski definition) is 0. The van der Waals surface area contributed by atoms with Crippen LogP contribution in [0.2, 0.25) is 0 Å². The molecule has 2 aromatic rings. The van der Waals surface area contributed by atoms with Crippen molar-refractivity contribution in [3.8, 4) is 17.2 Å². The summed E-state index contributed by atoms with van der Waals surface area (Å²) in [4.78, 5) is 24.7. The van der Waals surface area contributed by atoms with Crippen LogP contribution in [0.4, 0.5) is 0 Å². The number of aryl methyl sites for hydroxylation is 1. The van der Waals surface area contributed by atoms with Crippen molar-refractivity contribution in [2.75, 3.05) is 13.2 Å². The van der Waals surface area contributed by atoms with Crippen molar-refractivity contribution in [1.29, 1.82) is 0 Å². The molecule has 0 amide bonds. The van der Waals surface area contributed by atoms with Gasteiger partial charge >= 0.3 is 5.97 Å². The topological polar surface area (TPSA) is 71.1 Å². The van der Waals surface area contributed by atoms with E-state index in [-0.39, 0.29) is 18.1 Å². The van der Waals surface area contributed by atoms with Gasteiger partial charge in [0.1, 0.15) is 17.2 Å². The van der Waals surface area contributed by atoms with Gasteiger partial charge in [0.2, 0.25) is 5.78 Å². The lowest BCUT2D eigenvalue weighted by Gasteiger charge is -2.14.